The van der Waals surface area contributed by atoms with Gasteiger partial charge in [-0.3, -0.25) is 9.78 Å². The van der Waals surface area contributed by atoms with Crippen LogP contribution in [0, 0.1) is 5.82 Å². The smallest absolute Gasteiger partial charge is 0.233 e. The number of benzene rings is 1. The number of anilines is 1. The largest absolute Gasteiger partial charge is 0.494 e. The number of ether oxygens (including phenoxy) is 1. The minimum absolute atomic E-state index is 0.126. The van der Waals surface area contributed by atoms with Crippen LogP contribution < -0.4 is 9.64 Å². The maximum absolute atomic E-state index is 14.1. The number of thiazole rings is 1. The molecule has 0 aliphatic carbocycles. The first-order valence-electron chi connectivity index (χ1n) is 8.51. The normalized spacial score (nSPS) is 10.9. The minimum Gasteiger partial charge on any atom is -0.494 e. The van der Waals surface area contributed by atoms with Crippen LogP contribution in [0.1, 0.15) is 19.5 Å². The Morgan fingerprint density at radius 1 is 1.30 bits per heavy atom. The van der Waals surface area contributed by atoms with Crippen LogP contribution in [0.4, 0.5) is 10.1 Å². The van der Waals surface area contributed by atoms with E-state index in [1.54, 1.807) is 17.2 Å². The number of carbonyl (C=O) groups excluding carboxylic acids is 1. The second-order valence-electron chi connectivity index (χ2n) is 6.21. The van der Waals surface area contributed by atoms with Crippen LogP contribution in [0.2, 0.25) is 0 Å². The third-order valence-corrected chi connectivity index (χ3v) is 4.88. The lowest BCUT2D eigenvalue weighted by atomic mass is 10.2. The Labute approximate surface area is 161 Å². The van der Waals surface area contributed by atoms with Gasteiger partial charge < -0.3 is 9.64 Å². The van der Waals surface area contributed by atoms with Crippen molar-refractivity contribution in [2.24, 2.45) is 0 Å². The van der Waals surface area contributed by atoms with E-state index in [-0.39, 0.29) is 24.1 Å². The van der Waals surface area contributed by atoms with Crippen molar-refractivity contribution in [3.8, 4) is 16.5 Å². The molecule has 0 N–H and O–H groups in total. The van der Waals surface area contributed by atoms with E-state index in [0.29, 0.717) is 11.4 Å². The Morgan fingerprint density at radius 3 is 2.74 bits per heavy atom. The molecule has 3 rings (SSSR count). The maximum atomic E-state index is 14.1. The zero-order valence-electron chi connectivity index (χ0n) is 15.3. The lowest BCUT2D eigenvalue weighted by Gasteiger charge is -2.27. The molecule has 1 amide bonds. The molecule has 0 bridgehead atoms. The molecule has 0 fully saturated rings. The van der Waals surface area contributed by atoms with Gasteiger partial charge in [-0.1, -0.05) is 6.07 Å². The van der Waals surface area contributed by atoms with Crippen molar-refractivity contribution in [2.45, 2.75) is 26.3 Å². The third-order valence-electron chi connectivity index (χ3n) is 3.97. The third kappa shape index (κ3) is 4.31. The standard InChI is InChI=1S/C20H20FN3O2S/c1-13(2)24(15-7-8-18(26-3)16(21)11-15)19(25)10-14-12-27-20(23-14)17-6-4-5-9-22-17/h4-9,11-13H,10H2,1-3H3. The summed E-state index contributed by atoms with van der Waals surface area (Å²) in [5, 5.41) is 2.62. The zero-order valence-corrected chi connectivity index (χ0v) is 16.2. The van der Waals surface area contributed by atoms with Crippen molar-refractivity contribution >= 4 is 22.9 Å². The molecule has 5 nitrogen and oxygen atoms in total. The van der Waals surface area contributed by atoms with Gasteiger partial charge in [0.15, 0.2) is 11.6 Å². The van der Waals surface area contributed by atoms with Gasteiger partial charge in [-0.25, -0.2) is 9.37 Å². The molecule has 2 heterocycles. The number of hydrogen-bond donors (Lipinski definition) is 0. The Hall–Kier alpha value is -2.80. The number of pyridine rings is 1. The Morgan fingerprint density at radius 2 is 2.11 bits per heavy atom. The Bertz CT molecular complexity index is 928. The van der Waals surface area contributed by atoms with Crippen LogP contribution in [-0.4, -0.2) is 29.0 Å². The highest BCUT2D eigenvalue weighted by Gasteiger charge is 2.22. The van der Waals surface area contributed by atoms with Crippen molar-refractivity contribution in [2.75, 3.05) is 12.0 Å². The number of hydrogen-bond acceptors (Lipinski definition) is 5. The van der Waals surface area contributed by atoms with Crippen molar-refractivity contribution in [1.29, 1.82) is 0 Å². The molecule has 3 aromatic rings. The van der Waals surface area contributed by atoms with E-state index in [4.69, 9.17) is 4.74 Å². The van der Waals surface area contributed by atoms with E-state index >= 15 is 0 Å². The number of rotatable bonds is 6. The molecule has 0 unspecified atom stereocenters. The van der Waals surface area contributed by atoms with E-state index in [1.165, 1.54) is 30.6 Å². The summed E-state index contributed by atoms with van der Waals surface area (Å²) in [7, 11) is 1.41. The van der Waals surface area contributed by atoms with Crippen molar-refractivity contribution in [3.05, 3.63) is 59.5 Å². The quantitative estimate of drug-likeness (QED) is 0.633. The molecular formula is C20H20FN3O2S. The molecule has 2 aromatic heterocycles. The van der Waals surface area contributed by atoms with Crippen LogP contribution in [-0.2, 0) is 11.2 Å². The summed E-state index contributed by atoms with van der Waals surface area (Å²) in [5.41, 5.74) is 1.94. The molecule has 0 saturated heterocycles. The molecule has 0 atom stereocenters. The lowest BCUT2D eigenvalue weighted by Crippen LogP contribution is -2.38. The molecular weight excluding hydrogens is 365 g/mol. The van der Waals surface area contributed by atoms with Crippen LogP contribution in [0.15, 0.2) is 48.0 Å². The molecule has 140 valence electrons. The second kappa shape index (κ2) is 8.26. The molecule has 1 aromatic carbocycles. The fourth-order valence-electron chi connectivity index (χ4n) is 2.77. The predicted octanol–water partition coefficient (Wildman–Crippen LogP) is 4.34. The van der Waals surface area contributed by atoms with Gasteiger partial charge in [-0.2, -0.15) is 0 Å². The second-order valence-corrected chi connectivity index (χ2v) is 7.07. The molecule has 27 heavy (non-hydrogen) atoms. The molecule has 0 aliphatic rings. The number of nitrogens with zero attached hydrogens (tertiary/aromatic N) is 3. The van der Waals surface area contributed by atoms with Gasteiger partial charge in [-0.15, -0.1) is 11.3 Å². The first kappa shape index (κ1) is 19.0. The van der Waals surface area contributed by atoms with E-state index in [9.17, 15) is 9.18 Å². The monoisotopic (exact) mass is 385 g/mol. The summed E-state index contributed by atoms with van der Waals surface area (Å²) in [6.45, 7) is 3.78. The summed E-state index contributed by atoms with van der Waals surface area (Å²) in [6.07, 6.45) is 1.84. The fourth-order valence-corrected chi connectivity index (χ4v) is 3.57. The number of aromatic nitrogens is 2. The summed E-state index contributed by atoms with van der Waals surface area (Å²) in [5.74, 6) is -0.499. The number of methoxy groups -OCH3 is 1. The molecule has 7 heteroatoms. The van der Waals surface area contributed by atoms with E-state index in [2.05, 4.69) is 9.97 Å². The summed E-state index contributed by atoms with van der Waals surface area (Å²) in [6, 6.07) is 10.0. The molecule has 0 aliphatic heterocycles. The summed E-state index contributed by atoms with van der Waals surface area (Å²) in [4.78, 5) is 23.3. The number of amides is 1. The molecule has 0 saturated carbocycles. The highest BCUT2D eigenvalue weighted by molar-refractivity contribution is 7.13. The Kier molecular flexibility index (Phi) is 5.81. The van der Waals surface area contributed by atoms with Crippen LogP contribution in [0.3, 0.4) is 0 Å². The summed E-state index contributed by atoms with van der Waals surface area (Å²) >= 11 is 1.45. The van der Waals surface area contributed by atoms with E-state index in [1.807, 2.05) is 37.4 Å². The van der Waals surface area contributed by atoms with Crippen LogP contribution in [0.25, 0.3) is 10.7 Å². The van der Waals surface area contributed by atoms with Gasteiger partial charge in [0, 0.05) is 29.4 Å². The van der Waals surface area contributed by atoms with Gasteiger partial charge in [0.2, 0.25) is 5.91 Å². The van der Waals surface area contributed by atoms with Crippen LogP contribution in [0.5, 0.6) is 5.75 Å². The van der Waals surface area contributed by atoms with E-state index < -0.39 is 5.82 Å². The average Bonchev–Trinajstić information content (AvgIpc) is 3.11. The van der Waals surface area contributed by atoms with Gasteiger partial charge >= 0.3 is 0 Å². The molecule has 0 spiro atoms. The lowest BCUT2D eigenvalue weighted by molar-refractivity contribution is -0.118. The highest BCUT2D eigenvalue weighted by Crippen LogP contribution is 2.26. The van der Waals surface area contributed by atoms with Gasteiger partial charge in [0.05, 0.1) is 24.9 Å². The van der Waals surface area contributed by atoms with Gasteiger partial charge in [0.25, 0.3) is 0 Å². The topological polar surface area (TPSA) is 55.3 Å². The van der Waals surface area contributed by atoms with Crippen molar-refractivity contribution < 1.29 is 13.9 Å². The first-order chi connectivity index (χ1) is 13.0. The SMILES string of the molecule is COc1ccc(N(C(=O)Cc2csc(-c3ccccn3)n2)C(C)C)cc1F. The predicted molar refractivity (Wildman–Crippen MR) is 105 cm³/mol. The fraction of sp³-hybridized carbons (Fsp3) is 0.250. The summed E-state index contributed by atoms with van der Waals surface area (Å²) < 4.78 is 19.0. The first-order valence-corrected chi connectivity index (χ1v) is 9.39. The van der Waals surface area contributed by atoms with Gasteiger partial charge in [-0.05, 0) is 38.1 Å². The van der Waals surface area contributed by atoms with E-state index in [0.717, 1.165) is 10.7 Å². The minimum atomic E-state index is -0.500. The van der Waals surface area contributed by atoms with Crippen molar-refractivity contribution in [1.82, 2.24) is 9.97 Å². The number of carbonyl (C=O) groups is 1. The number of halogens is 1. The zero-order chi connectivity index (χ0) is 19.4. The maximum Gasteiger partial charge on any atom is 0.233 e. The van der Waals surface area contributed by atoms with Crippen molar-refractivity contribution in [3.63, 3.8) is 0 Å². The van der Waals surface area contributed by atoms with Gasteiger partial charge in [0.1, 0.15) is 5.01 Å². The molecule has 0 radical (unpaired) electrons. The average molecular weight is 385 g/mol. The van der Waals surface area contributed by atoms with Crippen LogP contribution >= 0.6 is 11.3 Å². The Balaban J connectivity index is 1.80. The highest BCUT2D eigenvalue weighted by atomic mass is 32.1.